The molecule has 29 heavy (non-hydrogen) atoms. The Kier molecular flexibility index (Phi) is 6.73. The molecule has 1 heterocycles. The summed E-state index contributed by atoms with van der Waals surface area (Å²) >= 11 is 0. The van der Waals surface area contributed by atoms with Crippen LogP contribution in [0.2, 0.25) is 0 Å². The maximum absolute atomic E-state index is 11.5. The molecule has 1 aliphatic heterocycles. The molecule has 0 radical (unpaired) electrons. The predicted octanol–water partition coefficient (Wildman–Crippen LogP) is 3.46. The lowest BCUT2D eigenvalue weighted by Crippen LogP contribution is -2.35. The number of carbonyl (C=O) groups is 1. The zero-order valence-electron chi connectivity index (χ0n) is 17.1. The second-order valence-electron chi connectivity index (χ2n) is 7.36. The summed E-state index contributed by atoms with van der Waals surface area (Å²) in [5.41, 5.74) is 3.87. The highest BCUT2D eigenvalue weighted by atomic mass is 16.5. The molecule has 0 N–H and O–H groups in total. The smallest absolute Gasteiger partial charge is 0.319 e. The molecule has 0 aliphatic carbocycles. The summed E-state index contributed by atoms with van der Waals surface area (Å²) in [7, 11) is 1.41. The number of carbonyl (C=O) groups excluding carboxylic acids is 1. The number of hydrogen-bond donors (Lipinski definition) is 0. The van der Waals surface area contributed by atoms with Crippen molar-refractivity contribution in [1.82, 2.24) is 4.90 Å². The first-order chi connectivity index (χ1) is 14.0. The van der Waals surface area contributed by atoms with Gasteiger partial charge in [-0.1, -0.05) is 12.1 Å². The van der Waals surface area contributed by atoms with Crippen LogP contribution in [0.4, 0.5) is 0 Å². The molecule has 0 saturated carbocycles. The molecule has 2 aromatic carbocycles. The molecule has 1 aliphatic rings. The first kappa shape index (κ1) is 20.7. The normalized spacial score (nSPS) is 13.5. The van der Waals surface area contributed by atoms with Crippen LogP contribution in [0.15, 0.2) is 36.4 Å². The van der Waals surface area contributed by atoms with Crippen LogP contribution in [0.1, 0.15) is 36.1 Å². The number of nitrogens with zero attached hydrogens (tertiary/aromatic N) is 2. The Balaban J connectivity index is 1.62. The predicted molar refractivity (Wildman–Crippen MR) is 109 cm³/mol. The van der Waals surface area contributed by atoms with Crippen molar-refractivity contribution in [3.8, 4) is 17.6 Å². The second-order valence-corrected chi connectivity index (χ2v) is 7.36. The third-order valence-corrected chi connectivity index (χ3v) is 4.78. The van der Waals surface area contributed by atoms with Crippen molar-refractivity contribution in [3.63, 3.8) is 0 Å². The number of benzene rings is 2. The van der Waals surface area contributed by atoms with E-state index in [1.165, 1.54) is 18.2 Å². The standard InChI is InChI=1S/C23H26N2O4/c1-16(2)29-22-7-4-17(10-20(22)12-24)15-28-21-6-5-19-13-25(14-23(26)27-3)9-8-18(19)11-21/h4-7,10-11,16H,8-9,13-15H2,1-3H3. The molecule has 2 aromatic rings. The van der Waals surface area contributed by atoms with E-state index in [0.717, 1.165) is 30.8 Å². The number of fused-ring (bicyclic) bond motifs is 1. The molecule has 0 aromatic heterocycles. The molecular weight excluding hydrogens is 368 g/mol. The molecule has 0 unspecified atom stereocenters. The average molecular weight is 394 g/mol. The number of esters is 1. The van der Waals surface area contributed by atoms with E-state index >= 15 is 0 Å². The molecule has 6 nitrogen and oxygen atoms in total. The van der Waals surface area contributed by atoms with Crippen LogP contribution in [0.3, 0.4) is 0 Å². The fraction of sp³-hybridized carbons (Fsp3) is 0.391. The minimum absolute atomic E-state index is 0.0169. The maximum atomic E-state index is 11.5. The van der Waals surface area contributed by atoms with E-state index in [-0.39, 0.29) is 12.1 Å². The maximum Gasteiger partial charge on any atom is 0.319 e. The van der Waals surface area contributed by atoms with Gasteiger partial charge >= 0.3 is 5.97 Å². The number of ether oxygens (including phenoxy) is 3. The first-order valence-electron chi connectivity index (χ1n) is 9.72. The second kappa shape index (κ2) is 9.44. The van der Waals surface area contributed by atoms with E-state index in [9.17, 15) is 10.1 Å². The lowest BCUT2D eigenvalue weighted by atomic mass is 9.99. The van der Waals surface area contributed by atoms with Crippen molar-refractivity contribution >= 4 is 5.97 Å². The summed E-state index contributed by atoms with van der Waals surface area (Å²) < 4.78 is 16.4. The van der Waals surface area contributed by atoms with Crippen molar-refractivity contribution in [2.75, 3.05) is 20.2 Å². The van der Waals surface area contributed by atoms with Crippen LogP contribution in [0.25, 0.3) is 0 Å². The molecule has 3 rings (SSSR count). The van der Waals surface area contributed by atoms with Gasteiger partial charge in [-0.25, -0.2) is 0 Å². The van der Waals surface area contributed by atoms with Gasteiger partial charge in [0.25, 0.3) is 0 Å². The zero-order valence-corrected chi connectivity index (χ0v) is 17.1. The minimum atomic E-state index is -0.213. The van der Waals surface area contributed by atoms with Crippen LogP contribution < -0.4 is 9.47 Å². The number of hydrogen-bond acceptors (Lipinski definition) is 6. The zero-order chi connectivity index (χ0) is 20.8. The first-order valence-corrected chi connectivity index (χ1v) is 9.72. The Morgan fingerprint density at radius 2 is 2.03 bits per heavy atom. The fourth-order valence-corrected chi connectivity index (χ4v) is 3.34. The Hall–Kier alpha value is -3.04. The van der Waals surface area contributed by atoms with Gasteiger partial charge in [0.05, 0.1) is 25.3 Å². The van der Waals surface area contributed by atoms with E-state index in [1.54, 1.807) is 6.07 Å². The van der Waals surface area contributed by atoms with E-state index in [4.69, 9.17) is 14.2 Å². The quantitative estimate of drug-likeness (QED) is 0.670. The minimum Gasteiger partial charge on any atom is -0.490 e. The van der Waals surface area contributed by atoms with Crippen LogP contribution in [0, 0.1) is 11.3 Å². The third kappa shape index (κ3) is 5.49. The van der Waals surface area contributed by atoms with Gasteiger partial charge in [-0.15, -0.1) is 0 Å². The van der Waals surface area contributed by atoms with Crippen LogP contribution >= 0.6 is 0 Å². The van der Waals surface area contributed by atoms with E-state index in [0.29, 0.717) is 24.5 Å². The molecule has 6 heteroatoms. The van der Waals surface area contributed by atoms with Gasteiger partial charge in [0.2, 0.25) is 0 Å². The summed E-state index contributed by atoms with van der Waals surface area (Å²) in [5, 5.41) is 9.36. The van der Waals surface area contributed by atoms with Gasteiger partial charge in [0.1, 0.15) is 24.2 Å². The van der Waals surface area contributed by atoms with Gasteiger partial charge in [-0.05, 0) is 61.2 Å². The number of nitriles is 1. The van der Waals surface area contributed by atoms with Crippen molar-refractivity contribution in [2.24, 2.45) is 0 Å². The third-order valence-electron chi connectivity index (χ3n) is 4.78. The largest absolute Gasteiger partial charge is 0.490 e. The Bertz CT molecular complexity index is 918. The fourth-order valence-electron chi connectivity index (χ4n) is 3.34. The Morgan fingerprint density at radius 3 is 2.76 bits per heavy atom. The van der Waals surface area contributed by atoms with Crippen molar-refractivity contribution in [3.05, 3.63) is 58.7 Å². The summed E-state index contributed by atoms with van der Waals surface area (Å²) in [6, 6.07) is 13.8. The summed E-state index contributed by atoms with van der Waals surface area (Å²) in [5.74, 6) is 1.18. The molecule has 0 amide bonds. The van der Waals surface area contributed by atoms with Crippen LogP contribution in [0.5, 0.6) is 11.5 Å². The summed E-state index contributed by atoms with van der Waals surface area (Å²) in [6.07, 6.45) is 0.881. The van der Waals surface area contributed by atoms with Crippen molar-refractivity contribution in [1.29, 1.82) is 5.26 Å². The summed E-state index contributed by atoms with van der Waals surface area (Å²) in [6.45, 7) is 6.10. The van der Waals surface area contributed by atoms with E-state index < -0.39 is 0 Å². The van der Waals surface area contributed by atoms with Gasteiger partial charge in [0.15, 0.2) is 0 Å². The highest BCUT2D eigenvalue weighted by Gasteiger charge is 2.19. The SMILES string of the molecule is COC(=O)CN1CCc2cc(OCc3ccc(OC(C)C)c(C#N)c3)ccc2C1. The molecule has 0 bridgehead atoms. The van der Waals surface area contributed by atoms with Crippen LogP contribution in [-0.2, 0) is 29.1 Å². The lowest BCUT2D eigenvalue weighted by Gasteiger charge is -2.28. The van der Waals surface area contributed by atoms with E-state index in [2.05, 4.69) is 17.0 Å². The monoisotopic (exact) mass is 394 g/mol. The molecule has 0 fully saturated rings. The van der Waals surface area contributed by atoms with Crippen LogP contribution in [-0.4, -0.2) is 37.2 Å². The molecule has 0 saturated heterocycles. The average Bonchev–Trinajstić information content (AvgIpc) is 2.72. The van der Waals surface area contributed by atoms with Crippen molar-refractivity contribution in [2.45, 2.75) is 39.5 Å². The van der Waals surface area contributed by atoms with Gasteiger partial charge in [0, 0.05) is 13.1 Å². The Labute approximate surface area is 171 Å². The van der Waals surface area contributed by atoms with Crippen molar-refractivity contribution < 1.29 is 19.0 Å². The molecule has 0 spiro atoms. The van der Waals surface area contributed by atoms with Gasteiger partial charge in [-0.2, -0.15) is 5.26 Å². The highest BCUT2D eigenvalue weighted by Crippen LogP contribution is 2.25. The highest BCUT2D eigenvalue weighted by molar-refractivity contribution is 5.71. The molecular formula is C23H26N2O4. The Morgan fingerprint density at radius 1 is 1.21 bits per heavy atom. The molecule has 0 atom stereocenters. The summed E-state index contributed by atoms with van der Waals surface area (Å²) in [4.78, 5) is 13.6. The molecule has 152 valence electrons. The lowest BCUT2D eigenvalue weighted by molar-refractivity contribution is -0.142. The van der Waals surface area contributed by atoms with E-state index in [1.807, 2.05) is 38.1 Å². The number of rotatable bonds is 7. The van der Waals surface area contributed by atoms with Gasteiger partial charge in [-0.3, -0.25) is 9.69 Å². The number of methoxy groups -OCH3 is 1. The topological polar surface area (TPSA) is 71.8 Å². The van der Waals surface area contributed by atoms with Gasteiger partial charge < -0.3 is 14.2 Å².